The number of halogens is 1. The lowest BCUT2D eigenvalue weighted by molar-refractivity contribution is -0.122. The van der Waals surface area contributed by atoms with Gasteiger partial charge in [0.25, 0.3) is 0 Å². The van der Waals surface area contributed by atoms with Gasteiger partial charge in [-0.25, -0.2) is 21.2 Å². The van der Waals surface area contributed by atoms with Gasteiger partial charge in [-0.1, -0.05) is 6.92 Å². The second kappa shape index (κ2) is 11.4. The average molecular weight is 528 g/mol. The van der Waals surface area contributed by atoms with Crippen LogP contribution >= 0.6 is 0 Å². The first-order valence-corrected chi connectivity index (χ1v) is 14.6. The number of anilines is 1. The molecular formula is C23H30FN3O6S2. The highest BCUT2D eigenvalue weighted by molar-refractivity contribution is 7.92. The molecule has 35 heavy (non-hydrogen) atoms. The number of hydrogen-bond donors (Lipinski definition) is 1. The summed E-state index contributed by atoms with van der Waals surface area (Å²) in [4.78, 5) is 13.0. The number of sulfonamides is 2. The monoisotopic (exact) mass is 527 g/mol. The number of carbonyl (C=O) groups excluding carboxylic acids is 1. The summed E-state index contributed by atoms with van der Waals surface area (Å²) in [6.45, 7) is 2.92. The Morgan fingerprint density at radius 1 is 1.06 bits per heavy atom. The van der Waals surface area contributed by atoms with Crippen molar-refractivity contribution in [3.63, 3.8) is 0 Å². The summed E-state index contributed by atoms with van der Waals surface area (Å²) in [5, 5.41) is 2.66. The first-order chi connectivity index (χ1) is 16.5. The van der Waals surface area contributed by atoms with E-state index in [1.807, 2.05) is 0 Å². The molecule has 0 unspecified atom stereocenters. The Morgan fingerprint density at radius 2 is 1.66 bits per heavy atom. The van der Waals surface area contributed by atoms with E-state index in [4.69, 9.17) is 4.74 Å². The molecule has 1 heterocycles. The Kier molecular flexibility index (Phi) is 8.73. The van der Waals surface area contributed by atoms with E-state index < -0.39 is 37.8 Å². The molecule has 1 N–H and O–H groups in total. The van der Waals surface area contributed by atoms with Crippen LogP contribution in [-0.4, -0.2) is 65.6 Å². The molecule has 1 fully saturated rings. The fraction of sp³-hybridized carbons (Fsp3) is 0.435. The van der Waals surface area contributed by atoms with Gasteiger partial charge >= 0.3 is 0 Å². The van der Waals surface area contributed by atoms with E-state index in [1.54, 1.807) is 19.1 Å². The molecule has 0 saturated carbocycles. The average Bonchev–Trinajstić information content (AvgIpc) is 3.36. The minimum absolute atomic E-state index is 0.0931. The topological polar surface area (TPSA) is 113 Å². The van der Waals surface area contributed by atoms with Gasteiger partial charge in [-0.15, -0.1) is 0 Å². The van der Waals surface area contributed by atoms with Crippen LogP contribution in [0, 0.1) is 5.82 Å². The Hall–Kier alpha value is -2.70. The molecule has 1 aliphatic rings. The molecule has 0 aromatic heterocycles. The smallest absolute Gasteiger partial charge is 0.244 e. The van der Waals surface area contributed by atoms with E-state index in [-0.39, 0.29) is 30.2 Å². The SMILES string of the molecule is CC[C@@H](C(=O)NCCOc1ccc(S(=O)(=O)N2CCCC2)cc1)N(c1ccc(F)cc1)S(C)(=O)=O. The third kappa shape index (κ3) is 6.71. The summed E-state index contributed by atoms with van der Waals surface area (Å²) in [5.41, 5.74) is 0.191. The van der Waals surface area contributed by atoms with E-state index in [0.717, 1.165) is 35.5 Å². The van der Waals surface area contributed by atoms with Crippen molar-refractivity contribution < 1.29 is 30.8 Å². The highest BCUT2D eigenvalue weighted by Crippen LogP contribution is 2.24. The summed E-state index contributed by atoms with van der Waals surface area (Å²) in [7, 11) is -7.32. The molecule has 2 aromatic rings. The van der Waals surface area contributed by atoms with Crippen molar-refractivity contribution in [1.29, 1.82) is 0 Å². The Labute approximate surface area is 206 Å². The molecule has 0 bridgehead atoms. The molecule has 9 nitrogen and oxygen atoms in total. The molecule has 192 valence electrons. The lowest BCUT2D eigenvalue weighted by Gasteiger charge is -2.30. The van der Waals surface area contributed by atoms with E-state index in [9.17, 15) is 26.0 Å². The number of nitrogens with zero attached hydrogens (tertiary/aromatic N) is 2. The summed E-state index contributed by atoms with van der Waals surface area (Å²) in [5.74, 6) is -0.591. The van der Waals surface area contributed by atoms with Gasteiger partial charge in [0.15, 0.2) is 0 Å². The zero-order valence-electron chi connectivity index (χ0n) is 19.7. The normalized spacial score (nSPS) is 15.5. The van der Waals surface area contributed by atoms with Crippen LogP contribution < -0.4 is 14.4 Å². The van der Waals surface area contributed by atoms with E-state index in [1.165, 1.54) is 28.6 Å². The number of amides is 1. The number of hydrogen-bond acceptors (Lipinski definition) is 6. The molecular weight excluding hydrogens is 497 g/mol. The third-order valence-electron chi connectivity index (χ3n) is 5.61. The number of nitrogens with one attached hydrogen (secondary N) is 1. The number of benzene rings is 2. The molecule has 0 aliphatic carbocycles. The second-order valence-corrected chi connectivity index (χ2v) is 12.0. The van der Waals surface area contributed by atoms with Gasteiger partial charge in [0.05, 0.1) is 23.4 Å². The summed E-state index contributed by atoms with van der Waals surface area (Å²) < 4.78 is 71.3. The maximum absolute atomic E-state index is 13.3. The molecule has 1 atom stereocenters. The number of ether oxygens (including phenoxy) is 1. The quantitative estimate of drug-likeness (QED) is 0.449. The highest BCUT2D eigenvalue weighted by Gasteiger charge is 2.31. The van der Waals surface area contributed by atoms with Crippen molar-refractivity contribution in [2.45, 2.75) is 37.1 Å². The first kappa shape index (κ1) is 26.9. The molecule has 0 radical (unpaired) electrons. The van der Waals surface area contributed by atoms with Gasteiger partial charge in [0.2, 0.25) is 26.0 Å². The van der Waals surface area contributed by atoms with Gasteiger partial charge in [-0.2, -0.15) is 4.31 Å². The van der Waals surface area contributed by atoms with Crippen molar-refractivity contribution in [2.75, 3.05) is 36.8 Å². The molecule has 0 spiro atoms. The van der Waals surface area contributed by atoms with Crippen LogP contribution in [0.5, 0.6) is 5.75 Å². The lowest BCUT2D eigenvalue weighted by atomic mass is 10.2. The number of carbonyl (C=O) groups is 1. The van der Waals surface area contributed by atoms with E-state index >= 15 is 0 Å². The molecule has 1 aliphatic heterocycles. The van der Waals surface area contributed by atoms with Crippen molar-refractivity contribution in [3.8, 4) is 5.75 Å². The van der Waals surface area contributed by atoms with Gasteiger partial charge in [0, 0.05) is 13.1 Å². The first-order valence-electron chi connectivity index (χ1n) is 11.3. The zero-order chi connectivity index (χ0) is 25.6. The predicted molar refractivity (Wildman–Crippen MR) is 131 cm³/mol. The van der Waals surface area contributed by atoms with Crippen molar-refractivity contribution in [1.82, 2.24) is 9.62 Å². The van der Waals surface area contributed by atoms with Gasteiger partial charge in [-0.05, 0) is 67.8 Å². The summed E-state index contributed by atoms with van der Waals surface area (Å²) in [6.07, 6.45) is 2.90. The van der Waals surface area contributed by atoms with E-state index in [2.05, 4.69) is 5.32 Å². The maximum Gasteiger partial charge on any atom is 0.244 e. The Morgan fingerprint density at radius 3 is 2.20 bits per heavy atom. The third-order valence-corrected chi connectivity index (χ3v) is 8.70. The maximum atomic E-state index is 13.3. The number of rotatable bonds is 11. The Bertz CT molecular complexity index is 1210. The van der Waals surface area contributed by atoms with Gasteiger partial charge in [0.1, 0.15) is 24.2 Å². The van der Waals surface area contributed by atoms with Crippen LogP contribution in [0.15, 0.2) is 53.4 Å². The van der Waals surface area contributed by atoms with Gasteiger partial charge in [-0.3, -0.25) is 9.10 Å². The van der Waals surface area contributed by atoms with Crippen LogP contribution in [0.4, 0.5) is 10.1 Å². The van der Waals surface area contributed by atoms with Crippen molar-refractivity contribution in [3.05, 3.63) is 54.3 Å². The molecule has 1 amide bonds. The van der Waals surface area contributed by atoms with Crippen LogP contribution in [0.3, 0.4) is 0 Å². The molecule has 2 aromatic carbocycles. The predicted octanol–water partition coefficient (Wildman–Crippen LogP) is 2.35. The zero-order valence-corrected chi connectivity index (χ0v) is 21.3. The van der Waals surface area contributed by atoms with Gasteiger partial charge < -0.3 is 10.1 Å². The fourth-order valence-electron chi connectivity index (χ4n) is 3.89. The van der Waals surface area contributed by atoms with Crippen LogP contribution in [0.25, 0.3) is 0 Å². The minimum atomic E-state index is -3.82. The van der Waals surface area contributed by atoms with Crippen LogP contribution in [0.2, 0.25) is 0 Å². The highest BCUT2D eigenvalue weighted by atomic mass is 32.2. The van der Waals surface area contributed by atoms with Crippen molar-refractivity contribution >= 4 is 31.6 Å². The van der Waals surface area contributed by atoms with Crippen molar-refractivity contribution in [2.24, 2.45) is 0 Å². The second-order valence-electron chi connectivity index (χ2n) is 8.18. The standard InChI is InChI=1S/C23H30FN3O6S2/c1-3-22(27(34(2,29)30)19-8-6-18(24)7-9-19)23(28)25-14-17-33-20-10-12-21(13-11-20)35(31,32)26-15-4-5-16-26/h6-13,22H,3-5,14-17H2,1-2H3,(H,25,28)/t22-/m0/s1. The largest absolute Gasteiger partial charge is 0.492 e. The Balaban J connectivity index is 1.57. The molecule has 1 saturated heterocycles. The van der Waals surface area contributed by atoms with E-state index in [0.29, 0.717) is 18.8 Å². The molecule has 12 heteroatoms. The fourth-order valence-corrected chi connectivity index (χ4v) is 6.62. The van der Waals surface area contributed by atoms with Crippen LogP contribution in [-0.2, 0) is 24.8 Å². The molecule has 3 rings (SSSR count). The van der Waals surface area contributed by atoms with Crippen LogP contribution in [0.1, 0.15) is 26.2 Å². The minimum Gasteiger partial charge on any atom is -0.492 e. The summed E-state index contributed by atoms with van der Waals surface area (Å²) in [6, 6.07) is 9.94. The summed E-state index contributed by atoms with van der Waals surface area (Å²) >= 11 is 0. The lowest BCUT2D eigenvalue weighted by Crippen LogP contribution is -2.50.